The normalized spacial score (nSPS) is 9.56. The molecule has 0 spiro atoms. The first-order chi connectivity index (χ1) is 12.7. The average Bonchev–Trinajstić information content (AvgIpc) is 2.70. The third kappa shape index (κ3) is 6.17. The van der Waals surface area contributed by atoms with E-state index in [9.17, 15) is 0 Å². The van der Waals surface area contributed by atoms with Gasteiger partial charge in [-0.3, -0.25) is 0 Å². The first kappa shape index (κ1) is 20.6. The van der Waals surface area contributed by atoms with Gasteiger partial charge in [0.15, 0.2) is 0 Å². The Bertz CT molecular complexity index is 879. The molecule has 2 aromatic heterocycles. The number of nitrogens with zero attached hydrogens (tertiary/aromatic N) is 4. The van der Waals surface area contributed by atoms with E-state index in [-0.39, 0.29) is 20.1 Å². The van der Waals surface area contributed by atoms with Crippen molar-refractivity contribution in [2.75, 3.05) is 0 Å². The van der Waals surface area contributed by atoms with Crippen molar-refractivity contribution in [1.29, 1.82) is 0 Å². The number of aromatic nitrogens is 4. The molecule has 0 fully saturated rings. The second-order valence-electron chi connectivity index (χ2n) is 5.82. The monoisotopic (exact) mass is 533 g/mol. The van der Waals surface area contributed by atoms with Crippen molar-refractivity contribution >= 4 is 0 Å². The second kappa shape index (κ2) is 10.4. The molecular formula is C22H20IrN4+3. The molecule has 4 rings (SSSR count). The molecule has 0 radical (unpaired) electrons. The maximum atomic E-state index is 4.20. The van der Waals surface area contributed by atoms with Crippen LogP contribution in [0.2, 0.25) is 0 Å². The van der Waals surface area contributed by atoms with E-state index in [2.05, 4.69) is 19.9 Å². The summed E-state index contributed by atoms with van der Waals surface area (Å²) in [6.07, 6.45) is 3.19. The number of hydrogen-bond acceptors (Lipinski definition) is 4. The molecule has 0 aliphatic heterocycles. The van der Waals surface area contributed by atoms with E-state index >= 15 is 0 Å². The molecule has 4 nitrogen and oxygen atoms in total. The summed E-state index contributed by atoms with van der Waals surface area (Å²) < 4.78 is 0. The standard InChI is InChI=1S/2C11H10N2.Ir/c2*1-9-7-11(13-8-12-9)10-5-3-2-4-6-10;/h2*2-8H,1H3;/q;;+3. The van der Waals surface area contributed by atoms with Crippen molar-refractivity contribution < 1.29 is 20.1 Å². The minimum atomic E-state index is 0. The largest absolute Gasteiger partial charge is 3.00 e. The van der Waals surface area contributed by atoms with Crippen LogP contribution < -0.4 is 0 Å². The van der Waals surface area contributed by atoms with Crippen LogP contribution in [-0.4, -0.2) is 19.9 Å². The average molecular weight is 533 g/mol. The maximum Gasteiger partial charge on any atom is 3.00 e. The molecule has 27 heavy (non-hydrogen) atoms. The molecule has 0 aliphatic carbocycles. The molecule has 2 heterocycles. The van der Waals surface area contributed by atoms with E-state index in [1.807, 2.05) is 86.6 Å². The summed E-state index contributed by atoms with van der Waals surface area (Å²) >= 11 is 0. The van der Waals surface area contributed by atoms with Gasteiger partial charge in [-0.25, -0.2) is 19.9 Å². The molecule has 0 saturated carbocycles. The van der Waals surface area contributed by atoms with E-state index in [1.54, 1.807) is 12.7 Å². The van der Waals surface area contributed by atoms with Gasteiger partial charge in [0.25, 0.3) is 0 Å². The van der Waals surface area contributed by atoms with E-state index in [1.165, 1.54) is 0 Å². The second-order valence-corrected chi connectivity index (χ2v) is 5.82. The fourth-order valence-corrected chi connectivity index (χ4v) is 2.44. The van der Waals surface area contributed by atoms with Crippen LogP contribution in [0.5, 0.6) is 0 Å². The smallest absolute Gasteiger partial charge is 0.242 e. The quantitative estimate of drug-likeness (QED) is 0.369. The third-order valence-corrected chi connectivity index (χ3v) is 3.75. The Hall–Kier alpha value is -2.75. The van der Waals surface area contributed by atoms with Crippen molar-refractivity contribution in [3.8, 4) is 22.5 Å². The van der Waals surface area contributed by atoms with Gasteiger partial charge in [0.2, 0.25) is 0 Å². The van der Waals surface area contributed by atoms with Crippen LogP contribution in [0.3, 0.4) is 0 Å². The Morgan fingerprint density at radius 2 is 0.889 bits per heavy atom. The summed E-state index contributed by atoms with van der Waals surface area (Å²) in [6, 6.07) is 24.2. The first-order valence-electron chi connectivity index (χ1n) is 8.40. The molecule has 0 bridgehead atoms. The molecule has 0 aliphatic rings. The minimum absolute atomic E-state index is 0. The van der Waals surface area contributed by atoms with Crippen LogP contribution in [0.25, 0.3) is 22.5 Å². The number of hydrogen-bond donors (Lipinski definition) is 0. The summed E-state index contributed by atoms with van der Waals surface area (Å²) in [7, 11) is 0. The van der Waals surface area contributed by atoms with Gasteiger partial charge in [0.1, 0.15) is 12.7 Å². The first-order valence-corrected chi connectivity index (χ1v) is 8.40. The molecule has 0 atom stereocenters. The zero-order valence-electron chi connectivity index (χ0n) is 15.2. The zero-order chi connectivity index (χ0) is 18.2. The van der Waals surface area contributed by atoms with Gasteiger partial charge in [-0.1, -0.05) is 60.7 Å². The van der Waals surface area contributed by atoms with Gasteiger partial charge in [-0.15, -0.1) is 0 Å². The maximum absolute atomic E-state index is 4.20. The zero-order valence-corrected chi connectivity index (χ0v) is 17.6. The Labute approximate surface area is 173 Å². The Balaban J connectivity index is 0.000000187. The van der Waals surface area contributed by atoms with Gasteiger partial charge in [-0.2, -0.15) is 0 Å². The van der Waals surface area contributed by atoms with Crippen LogP contribution >= 0.6 is 0 Å². The summed E-state index contributed by atoms with van der Waals surface area (Å²) in [6.45, 7) is 3.93. The van der Waals surface area contributed by atoms with E-state index in [0.717, 1.165) is 33.9 Å². The fraction of sp³-hybridized carbons (Fsp3) is 0.0909. The van der Waals surface area contributed by atoms with Gasteiger partial charge < -0.3 is 0 Å². The Morgan fingerprint density at radius 3 is 1.22 bits per heavy atom. The van der Waals surface area contributed by atoms with Crippen LogP contribution in [0.15, 0.2) is 85.5 Å². The summed E-state index contributed by atoms with van der Waals surface area (Å²) in [5.74, 6) is 0. The summed E-state index contributed by atoms with van der Waals surface area (Å²) in [4.78, 5) is 16.5. The van der Waals surface area contributed by atoms with Crippen LogP contribution in [0.1, 0.15) is 11.4 Å². The molecule has 0 amide bonds. The molecule has 134 valence electrons. The van der Waals surface area contributed by atoms with Gasteiger partial charge in [0.05, 0.1) is 11.4 Å². The fourth-order valence-electron chi connectivity index (χ4n) is 2.44. The van der Waals surface area contributed by atoms with Crippen molar-refractivity contribution in [3.05, 3.63) is 96.8 Å². The summed E-state index contributed by atoms with van der Waals surface area (Å²) in [5, 5.41) is 0. The predicted octanol–water partition coefficient (Wildman–Crippen LogP) is 4.90. The SMILES string of the molecule is Cc1cc(-c2ccccc2)ncn1.Cc1cc(-c2ccccc2)ncn1.[Ir+3]. The topological polar surface area (TPSA) is 51.6 Å². The van der Waals surface area contributed by atoms with Crippen LogP contribution in [0, 0.1) is 13.8 Å². The molecule has 2 aromatic carbocycles. The van der Waals surface area contributed by atoms with E-state index < -0.39 is 0 Å². The molecule has 4 aromatic rings. The minimum Gasteiger partial charge on any atom is -0.242 e. The van der Waals surface area contributed by atoms with E-state index in [0.29, 0.717) is 0 Å². The number of benzene rings is 2. The Kier molecular flexibility index (Phi) is 7.93. The molecule has 0 N–H and O–H groups in total. The van der Waals surface area contributed by atoms with Crippen molar-refractivity contribution in [2.24, 2.45) is 0 Å². The van der Waals surface area contributed by atoms with E-state index in [4.69, 9.17) is 0 Å². The van der Waals surface area contributed by atoms with Gasteiger partial charge in [0, 0.05) is 22.5 Å². The molecule has 0 unspecified atom stereocenters. The van der Waals surface area contributed by atoms with Gasteiger partial charge >= 0.3 is 20.1 Å². The van der Waals surface area contributed by atoms with Crippen molar-refractivity contribution in [3.63, 3.8) is 0 Å². The van der Waals surface area contributed by atoms with Gasteiger partial charge in [-0.05, 0) is 26.0 Å². The van der Waals surface area contributed by atoms with Crippen molar-refractivity contribution in [2.45, 2.75) is 13.8 Å². The molecule has 0 saturated heterocycles. The Morgan fingerprint density at radius 1 is 0.519 bits per heavy atom. The van der Waals surface area contributed by atoms with Crippen LogP contribution in [-0.2, 0) is 20.1 Å². The third-order valence-electron chi connectivity index (χ3n) is 3.75. The summed E-state index contributed by atoms with van der Waals surface area (Å²) in [5.41, 5.74) is 6.21. The molecule has 5 heteroatoms. The van der Waals surface area contributed by atoms with Crippen molar-refractivity contribution in [1.82, 2.24) is 19.9 Å². The number of aryl methyl sites for hydroxylation is 2. The number of rotatable bonds is 2. The predicted molar refractivity (Wildman–Crippen MR) is 104 cm³/mol. The molecular weight excluding hydrogens is 512 g/mol. The van der Waals surface area contributed by atoms with Crippen LogP contribution in [0.4, 0.5) is 0 Å².